The fourth-order valence-corrected chi connectivity index (χ4v) is 2.33. The number of amides is 1. The van der Waals surface area contributed by atoms with Crippen LogP contribution in [-0.4, -0.2) is 35.5 Å². The van der Waals surface area contributed by atoms with Gasteiger partial charge >= 0.3 is 12.1 Å². The highest BCUT2D eigenvalue weighted by Gasteiger charge is 2.40. The Morgan fingerprint density at radius 2 is 2.19 bits per heavy atom. The summed E-state index contributed by atoms with van der Waals surface area (Å²) in [6.45, 7) is -0.107. The number of rotatable bonds is 2. The second-order valence-corrected chi connectivity index (χ2v) is 5.15. The Morgan fingerprint density at radius 3 is 2.76 bits per heavy atom. The first kappa shape index (κ1) is 15.7. The van der Waals surface area contributed by atoms with E-state index < -0.39 is 29.7 Å². The van der Waals surface area contributed by atoms with Gasteiger partial charge in [-0.2, -0.15) is 13.2 Å². The highest BCUT2D eigenvalue weighted by Crippen LogP contribution is 2.34. The first-order chi connectivity index (χ1) is 9.74. The van der Waals surface area contributed by atoms with Gasteiger partial charge in [-0.15, -0.1) is 0 Å². The van der Waals surface area contributed by atoms with Crippen molar-refractivity contribution in [3.63, 3.8) is 0 Å². The van der Waals surface area contributed by atoms with Gasteiger partial charge in [0.2, 0.25) is 11.9 Å². The highest BCUT2D eigenvalue weighted by molar-refractivity contribution is 9.10. The number of methoxy groups -OCH3 is 1. The molecule has 2 heterocycles. The summed E-state index contributed by atoms with van der Waals surface area (Å²) in [7, 11) is 1.17. The summed E-state index contributed by atoms with van der Waals surface area (Å²) in [5, 5.41) is 0. The molecule has 0 N–H and O–H groups in total. The first-order valence-corrected chi connectivity index (χ1v) is 6.51. The molecule has 1 saturated heterocycles. The number of nitrogens with zero attached hydrogens (tertiary/aromatic N) is 3. The van der Waals surface area contributed by atoms with Crippen LogP contribution in [0.4, 0.5) is 19.1 Å². The smallest absolute Gasteiger partial charge is 0.434 e. The summed E-state index contributed by atoms with van der Waals surface area (Å²) in [6.07, 6.45) is -3.90. The van der Waals surface area contributed by atoms with E-state index in [1.54, 1.807) is 0 Å². The van der Waals surface area contributed by atoms with E-state index in [9.17, 15) is 22.8 Å². The number of hydrogen-bond acceptors (Lipinski definition) is 5. The first-order valence-electron chi connectivity index (χ1n) is 5.72. The van der Waals surface area contributed by atoms with Gasteiger partial charge in [-0.05, 0) is 15.9 Å². The number of alkyl halides is 3. The Balaban J connectivity index is 2.31. The Hall–Kier alpha value is -1.71. The van der Waals surface area contributed by atoms with E-state index in [2.05, 4.69) is 30.6 Å². The van der Waals surface area contributed by atoms with E-state index in [4.69, 9.17) is 0 Å². The molecule has 0 spiro atoms. The molecule has 0 aromatic carbocycles. The molecule has 0 radical (unpaired) electrons. The van der Waals surface area contributed by atoms with Gasteiger partial charge in [0.15, 0.2) is 5.69 Å². The zero-order valence-electron chi connectivity index (χ0n) is 10.6. The van der Waals surface area contributed by atoms with Crippen LogP contribution in [0.25, 0.3) is 0 Å². The van der Waals surface area contributed by atoms with E-state index in [0.29, 0.717) is 0 Å². The van der Waals surface area contributed by atoms with Crippen LogP contribution in [0.3, 0.4) is 0 Å². The number of halogens is 4. The fourth-order valence-electron chi connectivity index (χ4n) is 1.91. The van der Waals surface area contributed by atoms with Crippen LogP contribution >= 0.6 is 15.9 Å². The normalized spacial score (nSPS) is 19.0. The fraction of sp³-hybridized carbons (Fsp3) is 0.455. The molecular formula is C11H9BrF3N3O3. The van der Waals surface area contributed by atoms with E-state index in [1.807, 2.05) is 0 Å². The van der Waals surface area contributed by atoms with Crippen molar-refractivity contribution in [2.75, 3.05) is 18.6 Å². The topological polar surface area (TPSA) is 72.4 Å². The molecule has 1 fully saturated rings. The second-order valence-electron chi connectivity index (χ2n) is 4.29. The van der Waals surface area contributed by atoms with E-state index in [-0.39, 0.29) is 23.4 Å². The lowest BCUT2D eigenvalue weighted by atomic mass is 10.1. The lowest BCUT2D eigenvalue weighted by Crippen LogP contribution is -2.29. The van der Waals surface area contributed by atoms with Gasteiger partial charge in [0.25, 0.3) is 0 Å². The Bertz CT molecular complexity index is 594. The van der Waals surface area contributed by atoms with Gasteiger partial charge in [0, 0.05) is 19.2 Å². The van der Waals surface area contributed by atoms with E-state index >= 15 is 0 Å². The number of carbonyl (C=O) groups is 2. The Morgan fingerprint density at radius 1 is 1.52 bits per heavy atom. The monoisotopic (exact) mass is 367 g/mol. The maximum Gasteiger partial charge on any atom is 0.434 e. The van der Waals surface area contributed by atoms with Crippen LogP contribution in [0, 0.1) is 5.92 Å². The van der Waals surface area contributed by atoms with Gasteiger partial charge in [0.1, 0.15) is 0 Å². The SMILES string of the molecule is COC(=O)C1CC(=O)N(c2ncc(Br)c(C(F)(F)F)n2)C1. The summed E-state index contributed by atoms with van der Waals surface area (Å²) < 4.78 is 42.5. The molecule has 6 nitrogen and oxygen atoms in total. The van der Waals surface area contributed by atoms with Gasteiger partial charge in [0.05, 0.1) is 17.5 Å². The van der Waals surface area contributed by atoms with Gasteiger partial charge < -0.3 is 4.74 Å². The van der Waals surface area contributed by atoms with Crippen LogP contribution in [0.15, 0.2) is 10.7 Å². The number of aromatic nitrogens is 2. The zero-order chi connectivity index (χ0) is 15.8. The van der Waals surface area contributed by atoms with Crippen molar-refractivity contribution in [2.24, 2.45) is 5.92 Å². The summed E-state index contributed by atoms with van der Waals surface area (Å²) in [5.41, 5.74) is -1.18. The van der Waals surface area contributed by atoms with Crippen LogP contribution in [0.5, 0.6) is 0 Å². The molecular weight excluding hydrogens is 359 g/mol. The molecule has 21 heavy (non-hydrogen) atoms. The molecule has 1 unspecified atom stereocenters. The van der Waals surface area contributed by atoms with Gasteiger partial charge in [-0.3, -0.25) is 14.5 Å². The summed E-state index contributed by atoms with van der Waals surface area (Å²) in [5.74, 6) is -2.24. The van der Waals surface area contributed by atoms with Crippen LogP contribution in [-0.2, 0) is 20.5 Å². The molecule has 114 valence electrons. The van der Waals surface area contributed by atoms with Crippen molar-refractivity contribution < 1.29 is 27.5 Å². The number of carbonyl (C=O) groups excluding carboxylic acids is 2. The molecule has 1 amide bonds. The van der Waals surface area contributed by atoms with Crippen molar-refractivity contribution in [3.05, 3.63) is 16.4 Å². The van der Waals surface area contributed by atoms with Crippen molar-refractivity contribution in [1.82, 2.24) is 9.97 Å². The summed E-state index contributed by atoms with van der Waals surface area (Å²) in [4.78, 5) is 31.2. The Kier molecular flexibility index (Phi) is 4.17. The number of hydrogen-bond donors (Lipinski definition) is 0. The van der Waals surface area contributed by atoms with E-state index in [0.717, 1.165) is 11.1 Å². The average molecular weight is 368 g/mol. The van der Waals surface area contributed by atoms with Crippen molar-refractivity contribution in [1.29, 1.82) is 0 Å². The molecule has 0 bridgehead atoms. The van der Waals surface area contributed by atoms with Crippen LogP contribution in [0.2, 0.25) is 0 Å². The maximum absolute atomic E-state index is 12.8. The second kappa shape index (κ2) is 5.58. The van der Waals surface area contributed by atoms with Crippen molar-refractivity contribution in [2.45, 2.75) is 12.6 Å². The lowest BCUT2D eigenvalue weighted by molar-refractivity contribution is -0.145. The summed E-state index contributed by atoms with van der Waals surface area (Å²) >= 11 is 2.71. The zero-order valence-corrected chi connectivity index (χ0v) is 12.2. The average Bonchev–Trinajstić information content (AvgIpc) is 2.79. The van der Waals surface area contributed by atoms with Crippen LogP contribution < -0.4 is 4.90 Å². The third-order valence-corrected chi connectivity index (χ3v) is 3.48. The molecule has 2 rings (SSSR count). The van der Waals surface area contributed by atoms with Gasteiger partial charge in [-0.1, -0.05) is 0 Å². The molecule has 1 aliphatic heterocycles. The quantitative estimate of drug-likeness (QED) is 0.745. The molecule has 10 heteroatoms. The lowest BCUT2D eigenvalue weighted by Gasteiger charge is -2.16. The minimum Gasteiger partial charge on any atom is -0.469 e. The molecule has 0 aliphatic carbocycles. The number of anilines is 1. The van der Waals surface area contributed by atoms with Gasteiger partial charge in [-0.25, -0.2) is 9.97 Å². The molecule has 1 aromatic rings. The minimum atomic E-state index is -4.68. The standard InChI is InChI=1S/C11H9BrF3N3O3/c1-21-9(20)5-2-7(19)18(4-5)10-16-3-6(12)8(17-10)11(13,14)15/h3,5H,2,4H2,1H3. The maximum atomic E-state index is 12.8. The Labute approximate surface area is 125 Å². The van der Waals surface area contributed by atoms with Crippen molar-refractivity contribution in [3.8, 4) is 0 Å². The minimum absolute atomic E-state index is 0.107. The number of ether oxygens (including phenoxy) is 1. The highest BCUT2D eigenvalue weighted by atomic mass is 79.9. The number of esters is 1. The molecule has 1 atom stereocenters. The molecule has 0 saturated carbocycles. The third kappa shape index (κ3) is 3.14. The predicted molar refractivity (Wildman–Crippen MR) is 67.2 cm³/mol. The summed E-state index contributed by atoms with van der Waals surface area (Å²) in [6, 6.07) is 0. The van der Waals surface area contributed by atoms with Crippen molar-refractivity contribution >= 4 is 33.8 Å². The third-order valence-electron chi connectivity index (χ3n) is 2.90. The largest absolute Gasteiger partial charge is 0.469 e. The molecule has 1 aromatic heterocycles. The van der Waals surface area contributed by atoms with E-state index in [1.165, 1.54) is 7.11 Å². The predicted octanol–water partition coefficient (Wildman–Crippen LogP) is 1.78. The molecule has 1 aliphatic rings. The van der Waals surface area contributed by atoms with Crippen LogP contribution in [0.1, 0.15) is 12.1 Å².